The highest BCUT2D eigenvalue weighted by atomic mass is 32.2. The number of fused-ring (bicyclic) bond motifs is 1. The van der Waals surface area contributed by atoms with Crippen LogP contribution in [-0.4, -0.2) is 70.3 Å². The van der Waals surface area contributed by atoms with Gasteiger partial charge in [-0.1, -0.05) is 0 Å². The lowest BCUT2D eigenvalue weighted by Gasteiger charge is -2.46. The zero-order valence-corrected chi connectivity index (χ0v) is 21.9. The van der Waals surface area contributed by atoms with E-state index in [0.717, 1.165) is 24.4 Å². The summed E-state index contributed by atoms with van der Waals surface area (Å²) < 4.78 is 97.6. The van der Waals surface area contributed by atoms with E-state index in [4.69, 9.17) is 4.74 Å². The molecule has 4 rings (SSSR count). The van der Waals surface area contributed by atoms with Crippen LogP contribution in [0.4, 0.5) is 26.7 Å². The van der Waals surface area contributed by atoms with Crippen molar-refractivity contribution < 1.29 is 39.9 Å². The quantitative estimate of drug-likeness (QED) is 0.567. The molecule has 210 valence electrons. The van der Waals surface area contributed by atoms with Crippen molar-refractivity contribution in [1.29, 1.82) is 0 Å². The van der Waals surface area contributed by atoms with Crippen LogP contribution in [0.15, 0.2) is 24.4 Å². The first kappa shape index (κ1) is 28.2. The minimum absolute atomic E-state index is 0.0101. The molecular formula is C23H28F5N5O4S. The Kier molecular flexibility index (Phi) is 7.25. The Hall–Kier alpha value is -2.78. The first-order valence-electron chi connectivity index (χ1n) is 11.7. The molecule has 2 unspecified atom stereocenters. The minimum Gasteiger partial charge on any atom is -0.444 e. The standard InChI is InChI=1S/C23H28F5N5O4S/c1-22(2,3)37-21(34)30-18-8-15(11-31(4)20(18)16-7-14(24)5-6-17(16)25)32-10-13-9-29-33(19(13)12-32)38(35,36)23(26,27)28/h5-7,9,15,18,20H,8,10-12H2,1-4H3,(H,30,34)/t15?,18?,20-/m1/s1. The monoisotopic (exact) mass is 565 g/mol. The Bertz CT molecular complexity index is 1320. The molecule has 0 saturated carbocycles. The molecule has 9 nitrogen and oxygen atoms in total. The molecule has 2 aliphatic heterocycles. The third kappa shape index (κ3) is 5.50. The molecule has 0 bridgehead atoms. The molecule has 3 heterocycles. The van der Waals surface area contributed by atoms with E-state index in [0.29, 0.717) is 5.56 Å². The number of amides is 1. The van der Waals surface area contributed by atoms with Gasteiger partial charge in [0, 0.05) is 36.8 Å². The van der Waals surface area contributed by atoms with Crippen LogP contribution in [0.2, 0.25) is 0 Å². The molecule has 1 fully saturated rings. The SMILES string of the molecule is CN1CC(N2Cc3cnn(S(=O)(=O)C(F)(F)F)c3C2)CC(NC(=O)OC(C)(C)C)[C@H]1c1cc(F)ccc1F. The van der Waals surface area contributed by atoms with Crippen molar-refractivity contribution in [3.05, 3.63) is 52.9 Å². The van der Waals surface area contributed by atoms with Gasteiger partial charge in [0.25, 0.3) is 0 Å². The van der Waals surface area contributed by atoms with E-state index in [-0.39, 0.29) is 47.4 Å². The topological polar surface area (TPSA) is 96.8 Å². The van der Waals surface area contributed by atoms with E-state index in [1.165, 1.54) is 0 Å². The van der Waals surface area contributed by atoms with E-state index < -0.39 is 50.9 Å². The fraction of sp³-hybridized carbons (Fsp3) is 0.565. The van der Waals surface area contributed by atoms with Crippen LogP contribution in [-0.2, 0) is 27.8 Å². The largest absolute Gasteiger partial charge is 0.518 e. The summed E-state index contributed by atoms with van der Waals surface area (Å²) >= 11 is 0. The van der Waals surface area contributed by atoms with Crippen molar-refractivity contribution in [2.24, 2.45) is 0 Å². The van der Waals surface area contributed by atoms with Crippen LogP contribution in [0, 0.1) is 11.6 Å². The van der Waals surface area contributed by atoms with Crippen LogP contribution < -0.4 is 5.32 Å². The molecule has 0 aliphatic carbocycles. The van der Waals surface area contributed by atoms with Crippen molar-refractivity contribution in [1.82, 2.24) is 24.3 Å². The highest BCUT2D eigenvalue weighted by Gasteiger charge is 2.50. The van der Waals surface area contributed by atoms with Crippen molar-refractivity contribution in [2.45, 2.75) is 69.5 Å². The summed E-state index contributed by atoms with van der Waals surface area (Å²) in [6.07, 6.45) is 0.524. The summed E-state index contributed by atoms with van der Waals surface area (Å²) in [6.45, 7) is 5.28. The molecule has 2 aliphatic rings. The second kappa shape index (κ2) is 9.75. The number of benzene rings is 1. The maximum atomic E-state index is 14.8. The van der Waals surface area contributed by atoms with Gasteiger partial charge in [0.2, 0.25) is 0 Å². The second-order valence-corrected chi connectivity index (χ2v) is 12.3. The zero-order valence-electron chi connectivity index (χ0n) is 21.1. The average molecular weight is 566 g/mol. The smallest absolute Gasteiger partial charge is 0.444 e. The van der Waals surface area contributed by atoms with Gasteiger partial charge in [0.1, 0.15) is 17.2 Å². The lowest BCUT2D eigenvalue weighted by molar-refractivity contribution is -0.0450. The molecule has 15 heteroatoms. The van der Waals surface area contributed by atoms with Crippen LogP contribution in [0.25, 0.3) is 0 Å². The highest BCUT2D eigenvalue weighted by molar-refractivity contribution is 7.90. The molecule has 1 aromatic carbocycles. The van der Waals surface area contributed by atoms with E-state index >= 15 is 0 Å². The lowest BCUT2D eigenvalue weighted by atomic mass is 9.87. The molecular weight excluding hydrogens is 537 g/mol. The van der Waals surface area contributed by atoms with Crippen LogP contribution in [0.3, 0.4) is 0 Å². The van der Waals surface area contributed by atoms with Crippen LogP contribution in [0.1, 0.15) is 50.1 Å². The predicted octanol–water partition coefficient (Wildman–Crippen LogP) is 3.51. The summed E-state index contributed by atoms with van der Waals surface area (Å²) in [5, 5.41) is 6.19. The first-order valence-corrected chi connectivity index (χ1v) is 13.2. The van der Waals surface area contributed by atoms with Crippen molar-refractivity contribution in [2.75, 3.05) is 13.6 Å². The Morgan fingerprint density at radius 1 is 1.16 bits per heavy atom. The maximum absolute atomic E-state index is 14.8. The third-order valence-corrected chi connectivity index (χ3v) is 7.90. The van der Waals surface area contributed by atoms with E-state index in [9.17, 15) is 35.2 Å². The van der Waals surface area contributed by atoms with E-state index in [1.54, 1.807) is 37.6 Å². The maximum Gasteiger partial charge on any atom is 0.518 e. The van der Waals surface area contributed by atoms with Crippen molar-refractivity contribution >= 4 is 16.1 Å². The van der Waals surface area contributed by atoms with E-state index in [2.05, 4.69) is 10.4 Å². The average Bonchev–Trinajstić information content (AvgIpc) is 3.34. The zero-order chi connectivity index (χ0) is 28.2. The number of carbonyl (C=O) groups is 1. The molecule has 38 heavy (non-hydrogen) atoms. The number of likely N-dealkylation sites (N-methyl/N-ethyl adjacent to an activating group) is 1. The fourth-order valence-corrected chi connectivity index (χ4v) is 5.85. The predicted molar refractivity (Wildman–Crippen MR) is 125 cm³/mol. The summed E-state index contributed by atoms with van der Waals surface area (Å²) in [4.78, 5) is 16.1. The number of piperidine rings is 1. The fourth-order valence-electron chi connectivity index (χ4n) is 5.02. The molecule has 3 atom stereocenters. The number of likely N-dealkylation sites (tertiary alicyclic amines) is 1. The summed E-state index contributed by atoms with van der Waals surface area (Å²) in [5.41, 5.74) is -6.08. The third-order valence-electron chi connectivity index (χ3n) is 6.54. The van der Waals surface area contributed by atoms with Gasteiger partial charge in [-0.25, -0.2) is 13.6 Å². The number of halogens is 5. The number of aromatic nitrogens is 2. The van der Waals surface area contributed by atoms with Gasteiger partial charge in [-0.05, 0) is 52.4 Å². The van der Waals surface area contributed by atoms with Gasteiger partial charge >= 0.3 is 21.6 Å². The number of carbonyl (C=O) groups excluding carboxylic acids is 1. The van der Waals surface area contributed by atoms with Gasteiger partial charge in [0.05, 0.1) is 24.0 Å². The first-order chi connectivity index (χ1) is 17.5. The molecule has 0 spiro atoms. The molecule has 2 aromatic rings. The van der Waals surface area contributed by atoms with Gasteiger partial charge in [-0.15, -0.1) is 0 Å². The van der Waals surface area contributed by atoms with E-state index in [1.807, 2.05) is 0 Å². The summed E-state index contributed by atoms with van der Waals surface area (Å²) in [5.74, 6) is -1.32. The van der Waals surface area contributed by atoms with Crippen LogP contribution >= 0.6 is 0 Å². The molecule has 1 amide bonds. The molecule has 1 N–H and O–H groups in total. The Morgan fingerprint density at radius 2 is 1.84 bits per heavy atom. The normalized spacial score (nSPS) is 23.3. The number of hydrogen-bond donors (Lipinski definition) is 1. The number of ether oxygens (including phenoxy) is 1. The second-order valence-electron chi connectivity index (χ2n) is 10.5. The van der Waals surface area contributed by atoms with Gasteiger partial charge in [0.15, 0.2) is 0 Å². The number of alkyl halides is 3. The van der Waals surface area contributed by atoms with Crippen LogP contribution in [0.5, 0.6) is 0 Å². The number of rotatable bonds is 4. The van der Waals surface area contributed by atoms with Gasteiger partial charge in [-0.2, -0.15) is 30.8 Å². The highest BCUT2D eigenvalue weighted by Crippen LogP contribution is 2.37. The number of hydrogen-bond acceptors (Lipinski definition) is 7. The number of nitrogens with zero attached hydrogens (tertiary/aromatic N) is 4. The number of alkyl carbamates (subject to hydrolysis) is 1. The molecule has 1 saturated heterocycles. The lowest BCUT2D eigenvalue weighted by Crippen LogP contribution is -2.57. The van der Waals surface area contributed by atoms with Crippen molar-refractivity contribution in [3.8, 4) is 0 Å². The Labute approximate surface area is 216 Å². The van der Waals surface area contributed by atoms with Gasteiger partial charge in [-0.3, -0.25) is 9.80 Å². The van der Waals surface area contributed by atoms with Gasteiger partial charge < -0.3 is 10.1 Å². The van der Waals surface area contributed by atoms with Crippen molar-refractivity contribution in [3.63, 3.8) is 0 Å². The summed E-state index contributed by atoms with van der Waals surface area (Å²) in [6, 6.07) is 1.11. The Morgan fingerprint density at radius 3 is 2.47 bits per heavy atom. The number of nitrogens with one attached hydrogen (secondary N) is 1. The molecule has 1 aromatic heterocycles. The minimum atomic E-state index is -5.70. The Balaban J connectivity index is 1.61. The summed E-state index contributed by atoms with van der Waals surface area (Å²) in [7, 11) is -4.05. The molecule has 0 radical (unpaired) electrons.